The molecule has 0 aliphatic carbocycles. The summed E-state index contributed by atoms with van der Waals surface area (Å²) in [6, 6.07) is 25.0. The number of aromatic nitrogens is 1. The smallest absolute Gasteiger partial charge is 0.268 e. The van der Waals surface area contributed by atoms with Crippen molar-refractivity contribution < 1.29 is 18.3 Å². The molecule has 1 aliphatic rings. The highest BCUT2D eigenvalue weighted by Crippen LogP contribution is 2.39. The van der Waals surface area contributed by atoms with Crippen LogP contribution >= 0.6 is 0 Å². The highest BCUT2D eigenvalue weighted by Gasteiger charge is 2.34. The van der Waals surface area contributed by atoms with Gasteiger partial charge < -0.3 is 9.84 Å². The number of ether oxygens (including phenoxy) is 1. The maximum atomic E-state index is 13.9. The van der Waals surface area contributed by atoms with Crippen LogP contribution in [0.4, 0.5) is 0 Å². The third-order valence-corrected chi connectivity index (χ3v) is 9.21. The number of allylic oxidation sites excluding steroid dienone is 1. The number of likely N-dealkylation sites (tertiary alicyclic amines) is 1. The minimum atomic E-state index is -4.00. The minimum Gasteiger partial charge on any atom is -0.497 e. The van der Waals surface area contributed by atoms with Gasteiger partial charge in [0.1, 0.15) is 11.9 Å². The highest BCUT2D eigenvalue weighted by atomic mass is 32.2. The Morgan fingerprint density at radius 2 is 1.85 bits per heavy atom. The predicted octanol–water partition coefficient (Wildman–Crippen LogP) is 5.26. The van der Waals surface area contributed by atoms with Gasteiger partial charge in [0.25, 0.3) is 10.0 Å². The van der Waals surface area contributed by atoms with E-state index in [0.29, 0.717) is 35.1 Å². The fourth-order valence-corrected chi connectivity index (χ4v) is 6.99. The van der Waals surface area contributed by atoms with Crippen molar-refractivity contribution in [3.8, 4) is 11.8 Å². The molecule has 200 valence electrons. The lowest BCUT2D eigenvalue weighted by Gasteiger charge is -2.37. The van der Waals surface area contributed by atoms with Gasteiger partial charge in [0, 0.05) is 24.4 Å². The Kier molecular flexibility index (Phi) is 7.58. The van der Waals surface area contributed by atoms with Gasteiger partial charge in [-0.25, -0.2) is 12.4 Å². The van der Waals surface area contributed by atoms with Crippen LogP contribution in [-0.2, 0) is 16.6 Å². The molecule has 1 fully saturated rings. The fraction of sp³-hybridized carbons (Fsp3) is 0.258. The summed E-state index contributed by atoms with van der Waals surface area (Å²) in [6.07, 6.45) is 1.66. The first kappa shape index (κ1) is 26.7. The van der Waals surface area contributed by atoms with E-state index in [1.54, 1.807) is 61.7 Å². The first-order chi connectivity index (χ1) is 18.8. The second kappa shape index (κ2) is 11.1. The normalized spacial score (nSPS) is 18.2. The van der Waals surface area contributed by atoms with Gasteiger partial charge in [-0.15, -0.1) is 0 Å². The largest absolute Gasteiger partial charge is 0.497 e. The van der Waals surface area contributed by atoms with Gasteiger partial charge in [-0.05, 0) is 74.0 Å². The molecule has 0 spiro atoms. The highest BCUT2D eigenvalue weighted by molar-refractivity contribution is 7.90. The zero-order valence-electron chi connectivity index (χ0n) is 22.0. The van der Waals surface area contributed by atoms with E-state index >= 15 is 0 Å². The summed E-state index contributed by atoms with van der Waals surface area (Å²) in [7, 11) is -2.35. The molecule has 2 heterocycles. The Morgan fingerprint density at radius 1 is 1.10 bits per heavy atom. The Hall–Kier alpha value is -3.90. The molecule has 1 unspecified atom stereocenters. The zero-order chi connectivity index (χ0) is 27.6. The summed E-state index contributed by atoms with van der Waals surface area (Å²) in [5, 5.41) is 21.8. The van der Waals surface area contributed by atoms with Crippen LogP contribution in [-0.4, -0.2) is 42.6 Å². The topological polar surface area (TPSA) is 95.6 Å². The Labute approximate surface area is 229 Å². The van der Waals surface area contributed by atoms with Gasteiger partial charge in [0.2, 0.25) is 0 Å². The number of hydrogen-bond acceptors (Lipinski definition) is 6. The molecule has 7 nitrogen and oxygen atoms in total. The number of hydrogen-bond donors (Lipinski definition) is 1. The quantitative estimate of drug-likeness (QED) is 0.321. The molecule has 0 amide bonds. The monoisotopic (exact) mass is 541 g/mol. The molecule has 0 saturated carbocycles. The summed E-state index contributed by atoms with van der Waals surface area (Å²) in [5.41, 5.74) is 3.41. The SMILES string of the molecule is C/C=C1/CN(Cc2ccc(OC)cc2)CC[C@H]1C(O)c1cc2cc(C#N)ccc2n1S(=O)(=O)c1ccccc1. The van der Waals surface area contributed by atoms with E-state index in [1.807, 2.05) is 25.1 Å². The maximum absolute atomic E-state index is 13.9. The lowest BCUT2D eigenvalue weighted by molar-refractivity contribution is 0.0866. The molecule has 5 rings (SSSR count). The van der Waals surface area contributed by atoms with Crippen molar-refractivity contribution in [2.24, 2.45) is 5.92 Å². The second-order valence-electron chi connectivity index (χ2n) is 9.80. The van der Waals surface area contributed by atoms with Crippen molar-refractivity contribution in [2.45, 2.75) is 30.9 Å². The molecule has 1 aliphatic heterocycles. The number of fused-ring (bicyclic) bond motifs is 1. The third-order valence-electron chi connectivity index (χ3n) is 7.45. The van der Waals surface area contributed by atoms with Crippen LogP contribution in [0, 0.1) is 17.2 Å². The van der Waals surface area contributed by atoms with Crippen LogP contribution in [0.15, 0.2) is 95.4 Å². The average molecular weight is 542 g/mol. The molecule has 39 heavy (non-hydrogen) atoms. The molecule has 0 bridgehead atoms. The molecule has 3 aromatic carbocycles. The molecule has 0 radical (unpaired) electrons. The summed E-state index contributed by atoms with van der Waals surface area (Å²) >= 11 is 0. The van der Waals surface area contributed by atoms with E-state index in [1.165, 1.54) is 9.54 Å². The molecule has 4 aromatic rings. The predicted molar refractivity (Wildman–Crippen MR) is 151 cm³/mol. The summed E-state index contributed by atoms with van der Waals surface area (Å²) in [5.74, 6) is 0.573. The van der Waals surface area contributed by atoms with Crippen LogP contribution in [0.3, 0.4) is 0 Å². The molecule has 1 saturated heterocycles. The van der Waals surface area contributed by atoms with E-state index in [-0.39, 0.29) is 10.8 Å². The molecule has 8 heteroatoms. The first-order valence-corrected chi connectivity index (χ1v) is 14.3. The number of methoxy groups -OCH3 is 1. The van der Waals surface area contributed by atoms with Gasteiger partial charge in [0.05, 0.1) is 34.8 Å². The molecular weight excluding hydrogens is 510 g/mol. The summed E-state index contributed by atoms with van der Waals surface area (Å²) < 4.78 is 34.3. The number of aliphatic hydroxyl groups excluding tert-OH is 1. The lowest BCUT2D eigenvalue weighted by atomic mass is 9.84. The average Bonchev–Trinajstić information content (AvgIpc) is 3.37. The maximum Gasteiger partial charge on any atom is 0.268 e. The standard InChI is InChI=1S/C31H31N3O4S/c1-3-24-21-33(20-22-9-12-26(38-2)13-10-22)16-15-28(24)31(35)30-18-25-17-23(19-32)11-14-29(25)34(30)39(36,37)27-7-5-4-6-8-27/h3-14,17-18,28,31,35H,15-16,20-21H2,1-2H3/b24-3-/t28-,31?/m1/s1. The summed E-state index contributed by atoms with van der Waals surface area (Å²) in [6.45, 7) is 4.16. The van der Waals surface area contributed by atoms with E-state index in [9.17, 15) is 18.8 Å². The number of aliphatic hydroxyl groups is 1. The van der Waals surface area contributed by atoms with Crippen LogP contribution in [0.1, 0.15) is 36.3 Å². The second-order valence-corrected chi connectivity index (χ2v) is 11.6. The fourth-order valence-electron chi connectivity index (χ4n) is 5.41. The third kappa shape index (κ3) is 5.21. The number of benzene rings is 3. The van der Waals surface area contributed by atoms with Crippen LogP contribution in [0.5, 0.6) is 5.75 Å². The van der Waals surface area contributed by atoms with Crippen molar-refractivity contribution in [3.63, 3.8) is 0 Å². The number of nitriles is 1. The number of rotatable bonds is 7. The van der Waals surface area contributed by atoms with Crippen LogP contribution < -0.4 is 4.74 Å². The molecule has 1 aromatic heterocycles. The zero-order valence-corrected chi connectivity index (χ0v) is 22.8. The number of nitrogens with zero attached hydrogens (tertiary/aromatic N) is 3. The van der Waals surface area contributed by atoms with Gasteiger partial charge in [-0.2, -0.15) is 5.26 Å². The van der Waals surface area contributed by atoms with E-state index < -0.39 is 16.1 Å². The van der Waals surface area contributed by atoms with E-state index in [0.717, 1.165) is 24.4 Å². The first-order valence-electron chi connectivity index (χ1n) is 12.9. The molecular formula is C31H31N3O4S. The van der Waals surface area contributed by atoms with E-state index in [2.05, 4.69) is 23.1 Å². The molecule has 2 atom stereocenters. The van der Waals surface area contributed by atoms with Crippen molar-refractivity contribution in [3.05, 3.63) is 107 Å². The van der Waals surface area contributed by atoms with Crippen LogP contribution in [0.2, 0.25) is 0 Å². The van der Waals surface area contributed by atoms with Crippen molar-refractivity contribution in [1.82, 2.24) is 8.87 Å². The van der Waals surface area contributed by atoms with Crippen molar-refractivity contribution in [2.75, 3.05) is 20.2 Å². The van der Waals surface area contributed by atoms with Crippen molar-refractivity contribution in [1.29, 1.82) is 5.26 Å². The Morgan fingerprint density at radius 3 is 2.51 bits per heavy atom. The van der Waals surface area contributed by atoms with Gasteiger partial charge in [0.15, 0.2) is 0 Å². The van der Waals surface area contributed by atoms with Gasteiger partial charge in [-0.1, -0.05) is 42.0 Å². The van der Waals surface area contributed by atoms with Crippen LogP contribution in [0.25, 0.3) is 10.9 Å². The number of piperidine rings is 1. The van der Waals surface area contributed by atoms with Gasteiger partial charge in [-0.3, -0.25) is 4.90 Å². The lowest BCUT2D eigenvalue weighted by Crippen LogP contribution is -2.37. The molecule has 1 N–H and O–H groups in total. The van der Waals surface area contributed by atoms with Gasteiger partial charge >= 0.3 is 0 Å². The van der Waals surface area contributed by atoms with Crippen molar-refractivity contribution >= 4 is 20.9 Å². The minimum absolute atomic E-state index is 0.140. The Balaban J connectivity index is 1.49. The van der Waals surface area contributed by atoms with E-state index in [4.69, 9.17) is 4.74 Å². The summed E-state index contributed by atoms with van der Waals surface area (Å²) in [4.78, 5) is 2.47. The Bertz CT molecular complexity index is 1650.